The molecule has 0 atom stereocenters. The van der Waals surface area contributed by atoms with Crippen LogP contribution in [0.5, 0.6) is 0 Å². The van der Waals surface area contributed by atoms with Crippen molar-refractivity contribution in [1.82, 2.24) is 24.8 Å². The zero-order valence-electron chi connectivity index (χ0n) is 19.4. The topological polar surface area (TPSA) is 77.6 Å². The zero-order valence-corrected chi connectivity index (χ0v) is 20.2. The number of rotatable bonds is 7. The van der Waals surface area contributed by atoms with Gasteiger partial charge in [-0.15, -0.1) is 5.10 Å². The first kappa shape index (κ1) is 22.2. The van der Waals surface area contributed by atoms with Crippen LogP contribution < -0.4 is 5.32 Å². The number of thioether (sulfide) groups is 1. The number of aryl methyl sites for hydroxylation is 1. The second kappa shape index (κ2) is 9.30. The van der Waals surface area contributed by atoms with Crippen LogP contribution in [0.15, 0.2) is 71.9 Å². The molecule has 172 valence electrons. The minimum Gasteiger partial charge on any atom is -0.341 e. The normalized spacial score (nSPS) is 11.5. The molecular formula is C26H26N6OS. The van der Waals surface area contributed by atoms with E-state index >= 15 is 0 Å². The van der Waals surface area contributed by atoms with Gasteiger partial charge in [-0.05, 0) is 65.2 Å². The van der Waals surface area contributed by atoms with Gasteiger partial charge in [0.1, 0.15) is 0 Å². The number of amides is 1. The molecule has 2 heterocycles. The number of hydrogen-bond acceptors (Lipinski definition) is 5. The largest absolute Gasteiger partial charge is 0.341 e. The van der Waals surface area contributed by atoms with E-state index in [9.17, 15) is 4.79 Å². The van der Waals surface area contributed by atoms with Crippen molar-refractivity contribution in [2.24, 2.45) is 0 Å². The van der Waals surface area contributed by atoms with E-state index in [1.54, 1.807) is 4.68 Å². The summed E-state index contributed by atoms with van der Waals surface area (Å²) in [5, 5.41) is 17.9. The van der Waals surface area contributed by atoms with Gasteiger partial charge in [-0.3, -0.25) is 4.79 Å². The van der Waals surface area contributed by atoms with Crippen LogP contribution in [0.25, 0.3) is 27.5 Å². The smallest absolute Gasteiger partial charge is 0.234 e. The minimum absolute atomic E-state index is 0.103. The highest BCUT2D eigenvalue weighted by atomic mass is 32.2. The number of tetrazole rings is 1. The molecule has 34 heavy (non-hydrogen) atoms. The van der Waals surface area contributed by atoms with Gasteiger partial charge in [0.2, 0.25) is 11.1 Å². The SMILES string of the molecule is CCn1c2ccccc2c2cc(NC(=O)CSc3nnnn3-c3ccc(C(C)C)cc3)ccc21. The lowest BCUT2D eigenvalue weighted by Gasteiger charge is -2.08. The molecule has 5 aromatic rings. The molecule has 0 radical (unpaired) electrons. The number of aromatic nitrogens is 5. The molecule has 7 nitrogen and oxygen atoms in total. The third-order valence-corrected chi connectivity index (χ3v) is 6.87. The van der Waals surface area contributed by atoms with Gasteiger partial charge in [0, 0.05) is 34.0 Å². The maximum Gasteiger partial charge on any atom is 0.234 e. The molecule has 0 bridgehead atoms. The van der Waals surface area contributed by atoms with E-state index in [4.69, 9.17) is 0 Å². The van der Waals surface area contributed by atoms with E-state index in [0.29, 0.717) is 11.1 Å². The van der Waals surface area contributed by atoms with Gasteiger partial charge in [-0.1, -0.05) is 55.9 Å². The van der Waals surface area contributed by atoms with Crippen molar-refractivity contribution in [2.75, 3.05) is 11.1 Å². The molecule has 5 rings (SSSR count). The lowest BCUT2D eigenvalue weighted by atomic mass is 10.0. The monoisotopic (exact) mass is 470 g/mol. The van der Waals surface area contributed by atoms with Gasteiger partial charge in [0.05, 0.1) is 11.4 Å². The first-order valence-electron chi connectivity index (χ1n) is 11.4. The van der Waals surface area contributed by atoms with Gasteiger partial charge in [-0.25, -0.2) is 0 Å². The molecule has 1 amide bonds. The summed E-state index contributed by atoms with van der Waals surface area (Å²) in [6, 6.07) is 22.6. The molecule has 0 spiro atoms. The lowest BCUT2D eigenvalue weighted by molar-refractivity contribution is -0.113. The van der Waals surface area contributed by atoms with E-state index in [-0.39, 0.29) is 11.7 Å². The third-order valence-electron chi connectivity index (χ3n) is 5.95. The maximum atomic E-state index is 12.7. The van der Waals surface area contributed by atoms with E-state index in [2.05, 4.69) is 82.6 Å². The Balaban J connectivity index is 1.30. The number of nitrogens with zero attached hydrogens (tertiary/aromatic N) is 5. The van der Waals surface area contributed by atoms with Crippen LogP contribution in [0.2, 0.25) is 0 Å². The number of anilines is 1. The van der Waals surface area contributed by atoms with Crippen molar-refractivity contribution in [1.29, 1.82) is 0 Å². The summed E-state index contributed by atoms with van der Waals surface area (Å²) in [6.45, 7) is 7.35. The minimum atomic E-state index is -0.103. The molecule has 8 heteroatoms. The van der Waals surface area contributed by atoms with Gasteiger partial charge in [0.15, 0.2) is 0 Å². The summed E-state index contributed by atoms with van der Waals surface area (Å²) in [4.78, 5) is 12.7. The van der Waals surface area contributed by atoms with Crippen LogP contribution in [-0.4, -0.2) is 36.4 Å². The molecule has 3 aromatic carbocycles. The summed E-state index contributed by atoms with van der Waals surface area (Å²) in [5.74, 6) is 0.561. The van der Waals surface area contributed by atoms with Crippen LogP contribution in [0.3, 0.4) is 0 Å². The Kier molecular flexibility index (Phi) is 6.06. The molecule has 0 fully saturated rings. The Labute approximate surface area is 202 Å². The number of nitrogens with one attached hydrogen (secondary N) is 1. The molecular weight excluding hydrogens is 444 g/mol. The van der Waals surface area contributed by atoms with Crippen molar-refractivity contribution in [3.05, 3.63) is 72.3 Å². The Morgan fingerprint density at radius 2 is 1.76 bits per heavy atom. The molecule has 0 unspecified atom stereocenters. The summed E-state index contributed by atoms with van der Waals surface area (Å²) < 4.78 is 3.95. The average Bonchev–Trinajstić information content (AvgIpc) is 3.45. The van der Waals surface area contributed by atoms with Gasteiger partial charge in [0.25, 0.3) is 0 Å². The molecule has 0 aliphatic rings. The fourth-order valence-corrected chi connectivity index (χ4v) is 4.92. The van der Waals surface area contributed by atoms with Crippen molar-refractivity contribution in [3.8, 4) is 5.69 Å². The zero-order chi connectivity index (χ0) is 23.7. The summed E-state index contributed by atoms with van der Waals surface area (Å²) in [5.41, 5.74) is 5.27. The van der Waals surface area contributed by atoms with Gasteiger partial charge >= 0.3 is 0 Å². The van der Waals surface area contributed by atoms with Gasteiger partial charge < -0.3 is 9.88 Å². The van der Waals surface area contributed by atoms with E-state index in [1.807, 2.05) is 30.3 Å². The Bertz CT molecular complexity index is 1470. The van der Waals surface area contributed by atoms with Crippen LogP contribution in [0, 0.1) is 0 Å². The molecule has 0 aliphatic heterocycles. The molecule has 1 N–H and O–H groups in total. The first-order chi connectivity index (χ1) is 16.5. The van der Waals surface area contributed by atoms with Crippen LogP contribution >= 0.6 is 11.8 Å². The Morgan fingerprint density at radius 1 is 1.00 bits per heavy atom. The third kappa shape index (κ3) is 4.17. The van der Waals surface area contributed by atoms with E-state index in [0.717, 1.165) is 23.3 Å². The standard InChI is InChI=1S/C26H26N6OS/c1-4-31-23-8-6-5-7-21(23)22-15-19(11-14-24(22)31)27-25(33)16-34-26-28-29-30-32(26)20-12-9-18(10-13-20)17(2)3/h5-15,17H,4,16H2,1-3H3,(H,27,33). The fraction of sp³-hybridized carbons (Fsp3) is 0.231. The van der Waals surface area contributed by atoms with Crippen molar-refractivity contribution >= 4 is 45.2 Å². The highest BCUT2D eigenvalue weighted by Gasteiger charge is 2.14. The van der Waals surface area contributed by atoms with E-state index < -0.39 is 0 Å². The second-order valence-electron chi connectivity index (χ2n) is 8.45. The number of carbonyl (C=O) groups is 1. The molecule has 0 aliphatic carbocycles. The number of carbonyl (C=O) groups excluding carboxylic acids is 1. The number of benzene rings is 3. The van der Waals surface area contributed by atoms with Crippen molar-refractivity contribution in [2.45, 2.75) is 38.4 Å². The van der Waals surface area contributed by atoms with Gasteiger partial charge in [-0.2, -0.15) is 4.68 Å². The second-order valence-corrected chi connectivity index (χ2v) is 9.39. The average molecular weight is 471 g/mol. The number of para-hydroxylation sites is 1. The quantitative estimate of drug-likeness (QED) is 0.311. The lowest BCUT2D eigenvalue weighted by Crippen LogP contribution is -2.14. The van der Waals surface area contributed by atoms with E-state index in [1.165, 1.54) is 33.7 Å². The summed E-state index contributed by atoms with van der Waals surface area (Å²) >= 11 is 1.31. The molecule has 0 saturated heterocycles. The van der Waals surface area contributed by atoms with Crippen molar-refractivity contribution in [3.63, 3.8) is 0 Å². The number of fused-ring (bicyclic) bond motifs is 3. The van der Waals surface area contributed by atoms with Crippen LogP contribution in [0.1, 0.15) is 32.3 Å². The predicted molar refractivity (Wildman–Crippen MR) is 138 cm³/mol. The number of hydrogen-bond donors (Lipinski definition) is 1. The predicted octanol–water partition coefficient (Wildman–Crippen LogP) is 5.64. The fourth-order valence-electron chi connectivity index (χ4n) is 4.23. The van der Waals surface area contributed by atoms with Crippen LogP contribution in [-0.2, 0) is 11.3 Å². The first-order valence-corrected chi connectivity index (χ1v) is 12.4. The summed E-state index contributed by atoms with van der Waals surface area (Å²) in [6.07, 6.45) is 0. The highest BCUT2D eigenvalue weighted by Crippen LogP contribution is 2.31. The molecule has 0 saturated carbocycles. The van der Waals surface area contributed by atoms with Crippen LogP contribution in [0.4, 0.5) is 5.69 Å². The Morgan fingerprint density at radius 3 is 2.53 bits per heavy atom. The maximum absolute atomic E-state index is 12.7. The highest BCUT2D eigenvalue weighted by molar-refractivity contribution is 7.99. The molecule has 2 aromatic heterocycles. The summed E-state index contributed by atoms with van der Waals surface area (Å²) in [7, 11) is 0. The Hall–Kier alpha value is -3.65. The van der Waals surface area contributed by atoms with Crippen molar-refractivity contribution < 1.29 is 4.79 Å².